The van der Waals surface area contributed by atoms with E-state index in [0.717, 1.165) is 24.4 Å². The molecular formula is C11H20ClN5O. The molecule has 18 heavy (non-hydrogen) atoms. The van der Waals surface area contributed by atoms with Crippen LogP contribution in [0, 0.1) is 6.92 Å². The molecule has 0 radical (unpaired) electrons. The molecule has 0 aliphatic heterocycles. The van der Waals surface area contributed by atoms with Gasteiger partial charge in [-0.1, -0.05) is 23.7 Å². The number of halogens is 1. The Morgan fingerprint density at radius 3 is 2.72 bits per heavy atom. The molecule has 0 atom stereocenters. The molecule has 7 heteroatoms. The van der Waals surface area contributed by atoms with Crippen LogP contribution in [0.4, 0.5) is 0 Å². The molecule has 1 rings (SSSR count). The van der Waals surface area contributed by atoms with Crippen LogP contribution in [0.5, 0.6) is 0 Å². The van der Waals surface area contributed by atoms with E-state index in [4.69, 9.17) is 22.5 Å². The molecule has 1 aromatic heterocycles. The van der Waals surface area contributed by atoms with Gasteiger partial charge in [-0.15, -0.1) is 0 Å². The Labute approximate surface area is 112 Å². The van der Waals surface area contributed by atoms with E-state index in [1.54, 1.807) is 4.68 Å². The molecule has 0 amide bonds. The van der Waals surface area contributed by atoms with Gasteiger partial charge < -0.3 is 10.9 Å². The number of amidine groups is 1. The molecular weight excluding hydrogens is 254 g/mol. The fourth-order valence-corrected chi connectivity index (χ4v) is 2.07. The van der Waals surface area contributed by atoms with Crippen molar-refractivity contribution in [3.63, 3.8) is 0 Å². The van der Waals surface area contributed by atoms with E-state index >= 15 is 0 Å². The molecule has 0 unspecified atom stereocenters. The zero-order chi connectivity index (χ0) is 13.7. The summed E-state index contributed by atoms with van der Waals surface area (Å²) in [5, 5.41) is 16.6. The van der Waals surface area contributed by atoms with Gasteiger partial charge in [0, 0.05) is 13.6 Å². The zero-order valence-electron chi connectivity index (χ0n) is 11.0. The number of aryl methyl sites for hydroxylation is 2. The van der Waals surface area contributed by atoms with Crippen LogP contribution in [0.3, 0.4) is 0 Å². The lowest BCUT2D eigenvalue weighted by atomic mass is 10.3. The van der Waals surface area contributed by atoms with Crippen LogP contribution >= 0.6 is 11.6 Å². The molecule has 0 bridgehead atoms. The summed E-state index contributed by atoms with van der Waals surface area (Å²) in [5.41, 5.74) is 7.29. The van der Waals surface area contributed by atoms with Crippen molar-refractivity contribution < 1.29 is 5.21 Å². The smallest absolute Gasteiger partial charge is 0.153 e. The first-order valence-corrected chi connectivity index (χ1v) is 6.24. The van der Waals surface area contributed by atoms with Gasteiger partial charge in [0.05, 0.1) is 23.0 Å². The minimum atomic E-state index is 0.193. The average molecular weight is 274 g/mol. The first-order valence-electron chi connectivity index (χ1n) is 5.86. The van der Waals surface area contributed by atoms with Crippen LogP contribution in [0.2, 0.25) is 5.02 Å². The van der Waals surface area contributed by atoms with Crippen LogP contribution in [0.1, 0.15) is 24.7 Å². The quantitative estimate of drug-likeness (QED) is 0.355. The van der Waals surface area contributed by atoms with Gasteiger partial charge in [0.1, 0.15) is 0 Å². The van der Waals surface area contributed by atoms with E-state index in [-0.39, 0.29) is 5.84 Å². The number of hydrogen-bond acceptors (Lipinski definition) is 4. The van der Waals surface area contributed by atoms with Crippen molar-refractivity contribution >= 4 is 17.4 Å². The monoisotopic (exact) mass is 273 g/mol. The predicted octanol–water partition coefficient (Wildman–Crippen LogP) is 1.34. The standard InChI is InChI=1S/C11H20ClN5O/c1-4-5-17(7-10(13)15-18)6-9-11(12)8(2)14-16(9)3/h18H,4-7H2,1-3H3,(H2,13,15). The maximum atomic E-state index is 8.62. The molecule has 0 spiro atoms. The van der Waals surface area contributed by atoms with Crippen molar-refractivity contribution in [3.05, 3.63) is 16.4 Å². The summed E-state index contributed by atoms with van der Waals surface area (Å²) in [5.74, 6) is 0.193. The largest absolute Gasteiger partial charge is 0.409 e. The third-order valence-corrected chi connectivity index (χ3v) is 3.18. The van der Waals surface area contributed by atoms with E-state index in [9.17, 15) is 0 Å². The summed E-state index contributed by atoms with van der Waals surface area (Å²) >= 11 is 6.21. The van der Waals surface area contributed by atoms with Gasteiger partial charge in [-0.25, -0.2) is 0 Å². The van der Waals surface area contributed by atoms with Crippen LogP contribution < -0.4 is 5.73 Å². The third-order valence-electron chi connectivity index (χ3n) is 2.69. The third kappa shape index (κ3) is 3.61. The highest BCUT2D eigenvalue weighted by Gasteiger charge is 2.15. The van der Waals surface area contributed by atoms with Crippen LogP contribution in [-0.4, -0.2) is 38.8 Å². The molecule has 102 valence electrons. The maximum absolute atomic E-state index is 8.62. The number of hydrogen-bond donors (Lipinski definition) is 2. The highest BCUT2D eigenvalue weighted by molar-refractivity contribution is 6.31. The van der Waals surface area contributed by atoms with E-state index in [0.29, 0.717) is 18.1 Å². The highest BCUT2D eigenvalue weighted by atomic mass is 35.5. The first-order chi connectivity index (χ1) is 8.49. The van der Waals surface area contributed by atoms with E-state index < -0.39 is 0 Å². The Hall–Kier alpha value is -1.27. The molecule has 0 fully saturated rings. The Bertz CT molecular complexity index is 429. The second-order valence-electron chi connectivity index (χ2n) is 4.27. The minimum absolute atomic E-state index is 0.193. The van der Waals surface area contributed by atoms with Crippen molar-refractivity contribution in [3.8, 4) is 0 Å². The summed E-state index contributed by atoms with van der Waals surface area (Å²) in [6.45, 7) is 5.83. The molecule has 6 nitrogen and oxygen atoms in total. The van der Waals surface area contributed by atoms with Crippen molar-refractivity contribution in [2.24, 2.45) is 17.9 Å². The Morgan fingerprint density at radius 1 is 1.61 bits per heavy atom. The lowest BCUT2D eigenvalue weighted by Gasteiger charge is -2.21. The zero-order valence-corrected chi connectivity index (χ0v) is 11.8. The number of oxime groups is 1. The Kier molecular flexibility index (Phi) is 5.43. The molecule has 1 heterocycles. The topological polar surface area (TPSA) is 79.7 Å². The Morgan fingerprint density at radius 2 is 2.28 bits per heavy atom. The number of rotatable bonds is 6. The summed E-state index contributed by atoms with van der Waals surface area (Å²) in [6.07, 6.45) is 0.979. The average Bonchev–Trinajstić information content (AvgIpc) is 2.56. The summed E-state index contributed by atoms with van der Waals surface area (Å²) in [7, 11) is 1.86. The van der Waals surface area contributed by atoms with Crippen LogP contribution in [0.15, 0.2) is 5.16 Å². The van der Waals surface area contributed by atoms with Gasteiger partial charge in [-0.2, -0.15) is 5.10 Å². The fraction of sp³-hybridized carbons (Fsp3) is 0.636. The number of nitrogens with zero attached hydrogens (tertiary/aromatic N) is 4. The molecule has 0 saturated heterocycles. The van der Waals surface area contributed by atoms with Gasteiger partial charge >= 0.3 is 0 Å². The lowest BCUT2D eigenvalue weighted by Crippen LogP contribution is -2.34. The van der Waals surface area contributed by atoms with E-state index in [1.165, 1.54) is 0 Å². The highest BCUT2D eigenvalue weighted by Crippen LogP contribution is 2.20. The van der Waals surface area contributed by atoms with E-state index in [1.807, 2.05) is 14.0 Å². The minimum Gasteiger partial charge on any atom is -0.409 e. The lowest BCUT2D eigenvalue weighted by molar-refractivity contribution is 0.280. The van der Waals surface area contributed by atoms with Crippen molar-refractivity contribution in [2.45, 2.75) is 26.8 Å². The SMILES string of the molecule is CCCN(CC(N)=NO)Cc1c(Cl)c(C)nn1C. The predicted molar refractivity (Wildman–Crippen MR) is 71.9 cm³/mol. The number of nitrogens with two attached hydrogens (primary N) is 1. The normalized spacial score (nSPS) is 12.4. The molecule has 0 aliphatic carbocycles. The second-order valence-corrected chi connectivity index (χ2v) is 4.65. The van der Waals surface area contributed by atoms with E-state index in [2.05, 4.69) is 22.1 Å². The molecule has 0 aromatic carbocycles. The molecule has 1 aromatic rings. The number of aromatic nitrogens is 2. The van der Waals surface area contributed by atoms with Gasteiger partial charge in [-0.05, 0) is 19.9 Å². The molecule has 3 N–H and O–H groups in total. The van der Waals surface area contributed by atoms with Gasteiger partial charge in [0.25, 0.3) is 0 Å². The summed E-state index contributed by atoms with van der Waals surface area (Å²) in [4.78, 5) is 2.07. The van der Waals surface area contributed by atoms with Gasteiger partial charge in [-0.3, -0.25) is 9.58 Å². The summed E-state index contributed by atoms with van der Waals surface area (Å²) in [6, 6.07) is 0. The van der Waals surface area contributed by atoms with Crippen LogP contribution in [0.25, 0.3) is 0 Å². The van der Waals surface area contributed by atoms with Crippen molar-refractivity contribution in [1.82, 2.24) is 14.7 Å². The van der Waals surface area contributed by atoms with Gasteiger partial charge in [0.15, 0.2) is 5.84 Å². The fourth-order valence-electron chi connectivity index (χ4n) is 1.85. The first kappa shape index (κ1) is 14.8. The van der Waals surface area contributed by atoms with Crippen LogP contribution in [-0.2, 0) is 13.6 Å². The van der Waals surface area contributed by atoms with Gasteiger partial charge in [0.2, 0.25) is 0 Å². The Balaban J connectivity index is 2.82. The van der Waals surface area contributed by atoms with Crippen molar-refractivity contribution in [2.75, 3.05) is 13.1 Å². The van der Waals surface area contributed by atoms with Crippen molar-refractivity contribution in [1.29, 1.82) is 0 Å². The molecule has 0 aliphatic rings. The second kappa shape index (κ2) is 6.61. The molecule has 0 saturated carbocycles. The maximum Gasteiger partial charge on any atom is 0.153 e. The summed E-state index contributed by atoms with van der Waals surface area (Å²) < 4.78 is 1.77.